The van der Waals surface area contributed by atoms with Crippen LogP contribution in [0.2, 0.25) is 0 Å². The van der Waals surface area contributed by atoms with Crippen molar-refractivity contribution in [2.24, 2.45) is 7.05 Å². The van der Waals surface area contributed by atoms with Crippen molar-refractivity contribution in [1.29, 1.82) is 0 Å². The smallest absolute Gasteiger partial charge is 0.131 e. The molecule has 3 rings (SSSR count). The molecule has 1 aromatic heterocycles. The van der Waals surface area contributed by atoms with Gasteiger partial charge in [-0.3, -0.25) is 4.68 Å². The summed E-state index contributed by atoms with van der Waals surface area (Å²) in [5.41, 5.74) is 2.70. The standard InChI is InChI=1S/C14H16FN3/c1-18-14(10-6-7-16-8-10)12(9-17-18)11-4-2-3-5-13(11)15/h2-5,9-10,16H,6-8H2,1H3. The number of nitrogens with one attached hydrogen (secondary N) is 1. The zero-order chi connectivity index (χ0) is 12.5. The van der Waals surface area contributed by atoms with Crippen molar-refractivity contribution >= 4 is 0 Å². The summed E-state index contributed by atoms with van der Waals surface area (Å²) >= 11 is 0. The van der Waals surface area contributed by atoms with E-state index in [0.717, 1.165) is 30.8 Å². The molecule has 2 aromatic rings. The average Bonchev–Trinajstić information content (AvgIpc) is 2.98. The zero-order valence-electron chi connectivity index (χ0n) is 10.4. The molecular formula is C14H16FN3. The van der Waals surface area contributed by atoms with Gasteiger partial charge in [0.05, 0.1) is 11.9 Å². The molecule has 1 unspecified atom stereocenters. The van der Waals surface area contributed by atoms with Gasteiger partial charge in [0.1, 0.15) is 5.82 Å². The highest BCUT2D eigenvalue weighted by Crippen LogP contribution is 2.33. The Kier molecular flexibility index (Phi) is 2.88. The maximum absolute atomic E-state index is 13.9. The number of hydrogen-bond donors (Lipinski definition) is 1. The molecule has 1 aromatic carbocycles. The van der Waals surface area contributed by atoms with E-state index in [1.54, 1.807) is 12.3 Å². The van der Waals surface area contributed by atoms with E-state index < -0.39 is 0 Å². The van der Waals surface area contributed by atoms with Crippen molar-refractivity contribution in [3.63, 3.8) is 0 Å². The van der Waals surface area contributed by atoms with E-state index in [4.69, 9.17) is 0 Å². The molecule has 3 nitrogen and oxygen atoms in total. The summed E-state index contributed by atoms with van der Waals surface area (Å²) < 4.78 is 15.8. The van der Waals surface area contributed by atoms with E-state index in [0.29, 0.717) is 11.5 Å². The Morgan fingerprint density at radius 2 is 2.17 bits per heavy atom. The minimum atomic E-state index is -0.183. The molecule has 0 saturated carbocycles. The molecule has 4 heteroatoms. The number of nitrogens with zero attached hydrogens (tertiary/aromatic N) is 2. The first-order valence-electron chi connectivity index (χ1n) is 6.25. The maximum Gasteiger partial charge on any atom is 0.131 e. The second-order valence-electron chi connectivity index (χ2n) is 4.74. The lowest BCUT2D eigenvalue weighted by molar-refractivity contribution is 0.626. The summed E-state index contributed by atoms with van der Waals surface area (Å²) in [6.45, 7) is 1.97. The predicted molar refractivity (Wildman–Crippen MR) is 68.8 cm³/mol. The first-order valence-corrected chi connectivity index (χ1v) is 6.25. The Morgan fingerprint density at radius 1 is 1.33 bits per heavy atom. The fourth-order valence-corrected chi connectivity index (χ4v) is 2.71. The topological polar surface area (TPSA) is 29.9 Å². The molecule has 2 heterocycles. The van der Waals surface area contributed by atoms with Crippen molar-refractivity contribution in [3.8, 4) is 11.1 Å². The van der Waals surface area contributed by atoms with E-state index in [-0.39, 0.29) is 5.82 Å². The highest BCUT2D eigenvalue weighted by Gasteiger charge is 2.24. The van der Waals surface area contributed by atoms with Gasteiger partial charge in [0.15, 0.2) is 0 Å². The zero-order valence-corrected chi connectivity index (χ0v) is 10.4. The quantitative estimate of drug-likeness (QED) is 0.880. The minimum absolute atomic E-state index is 0.183. The van der Waals surface area contributed by atoms with Gasteiger partial charge in [-0.1, -0.05) is 18.2 Å². The molecule has 94 valence electrons. The van der Waals surface area contributed by atoms with Crippen molar-refractivity contribution in [2.45, 2.75) is 12.3 Å². The van der Waals surface area contributed by atoms with Crippen LogP contribution in [0.15, 0.2) is 30.5 Å². The monoisotopic (exact) mass is 245 g/mol. The molecule has 0 bridgehead atoms. The SMILES string of the molecule is Cn1ncc(-c2ccccc2F)c1C1CCNC1. The van der Waals surface area contributed by atoms with Crippen LogP contribution in [-0.4, -0.2) is 22.9 Å². The Bertz CT molecular complexity index is 556. The highest BCUT2D eigenvalue weighted by atomic mass is 19.1. The molecule has 0 amide bonds. The summed E-state index contributed by atoms with van der Waals surface area (Å²) in [5, 5.41) is 7.65. The highest BCUT2D eigenvalue weighted by molar-refractivity contribution is 5.66. The van der Waals surface area contributed by atoms with Gasteiger partial charge >= 0.3 is 0 Å². The molecule has 1 aliphatic rings. The van der Waals surface area contributed by atoms with Gasteiger partial charge in [-0.25, -0.2) is 4.39 Å². The third-order valence-electron chi connectivity index (χ3n) is 3.60. The Morgan fingerprint density at radius 3 is 2.89 bits per heavy atom. The van der Waals surface area contributed by atoms with Gasteiger partial charge < -0.3 is 5.32 Å². The van der Waals surface area contributed by atoms with Crippen LogP contribution in [-0.2, 0) is 7.05 Å². The molecule has 1 aliphatic heterocycles. The molecule has 0 radical (unpaired) electrons. The van der Waals surface area contributed by atoms with Gasteiger partial charge in [-0.2, -0.15) is 5.10 Å². The van der Waals surface area contributed by atoms with Crippen molar-refractivity contribution in [2.75, 3.05) is 13.1 Å². The first kappa shape index (κ1) is 11.4. The van der Waals surface area contributed by atoms with E-state index in [1.165, 1.54) is 6.07 Å². The summed E-state index contributed by atoms with van der Waals surface area (Å²) in [6.07, 6.45) is 2.85. The lowest BCUT2D eigenvalue weighted by Gasteiger charge is -2.12. The molecule has 1 saturated heterocycles. The van der Waals surface area contributed by atoms with Crippen molar-refractivity contribution in [3.05, 3.63) is 42.0 Å². The Balaban J connectivity index is 2.10. The largest absolute Gasteiger partial charge is 0.316 e. The summed E-state index contributed by atoms with van der Waals surface area (Å²) in [4.78, 5) is 0. The van der Waals surface area contributed by atoms with Crippen LogP contribution in [0, 0.1) is 5.82 Å². The molecule has 1 N–H and O–H groups in total. The Hall–Kier alpha value is -1.68. The van der Waals surface area contributed by atoms with E-state index >= 15 is 0 Å². The lowest BCUT2D eigenvalue weighted by atomic mass is 9.96. The lowest BCUT2D eigenvalue weighted by Crippen LogP contribution is -2.11. The Labute approximate surface area is 106 Å². The van der Waals surface area contributed by atoms with Crippen LogP contribution in [0.1, 0.15) is 18.0 Å². The summed E-state index contributed by atoms with van der Waals surface area (Å²) in [5.74, 6) is 0.241. The van der Waals surface area contributed by atoms with Gasteiger partial charge in [0.25, 0.3) is 0 Å². The number of aromatic nitrogens is 2. The van der Waals surface area contributed by atoms with Crippen LogP contribution >= 0.6 is 0 Å². The number of rotatable bonds is 2. The normalized spacial score (nSPS) is 19.3. The number of aryl methyl sites for hydroxylation is 1. The number of halogens is 1. The molecule has 0 aliphatic carbocycles. The summed E-state index contributed by atoms with van der Waals surface area (Å²) in [6, 6.07) is 6.89. The van der Waals surface area contributed by atoms with Crippen LogP contribution < -0.4 is 5.32 Å². The second-order valence-corrected chi connectivity index (χ2v) is 4.74. The van der Waals surface area contributed by atoms with Crippen LogP contribution in [0.5, 0.6) is 0 Å². The molecule has 18 heavy (non-hydrogen) atoms. The molecular weight excluding hydrogens is 229 g/mol. The number of hydrogen-bond acceptors (Lipinski definition) is 2. The van der Waals surface area contributed by atoms with Gasteiger partial charge in [0.2, 0.25) is 0 Å². The maximum atomic E-state index is 13.9. The van der Waals surface area contributed by atoms with Crippen LogP contribution in [0.3, 0.4) is 0 Å². The van der Waals surface area contributed by atoms with Gasteiger partial charge in [-0.05, 0) is 19.0 Å². The molecule has 1 fully saturated rings. The number of benzene rings is 1. The third-order valence-corrected chi connectivity index (χ3v) is 3.60. The van der Waals surface area contributed by atoms with Gasteiger partial charge in [0, 0.05) is 30.6 Å². The molecule has 1 atom stereocenters. The average molecular weight is 245 g/mol. The minimum Gasteiger partial charge on any atom is -0.316 e. The van der Waals surface area contributed by atoms with Crippen LogP contribution in [0.25, 0.3) is 11.1 Å². The van der Waals surface area contributed by atoms with Crippen molar-refractivity contribution < 1.29 is 4.39 Å². The van der Waals surface area contributed by atoms with E-state index in [2.05, 4.69) is 10.4 Å². The molecule has 0 spiro atoms. The van der Waals surface area contributed by atoms with E-state index in [9.17, 15) is 4.39 Å². The van der Waals surface area contributed by atoms with E-state index in [1.807, 2.05) is 23.9 Å². The summed E-state index contributed by atoms with van der Waals surface area (Å²) in [7, 11) is 1.93. The second kappa shape index (κ2) is 4.53. The van der Waals surface area contributed by atoms with Crippen molar-refractivity contribution in [1.82, 2.24) is 15.1 Å². The fraction of sp³-hybridized carbons (Fsp3) is 0.357. The predicted octanol–water partition coefficient (Wildman–Crippen LogP) is 2.30. The van der Waals surface area contributed by atoms with Crippen LogP contribution in [0.4, 0.5) is 4.39 Å². The fourth-order valence-electron chi connectivity index (χ4n) is 2.71. The van der Waals surface area contributed by atoms with Gasteiger partial charge in [-0.15, -0.1) is 0 Å². The first-order chi connectivity index (χ1) is 8.77. The third kappa shape index (κ3) is 1.82.